The van der Waals surface area contributed by atoms with Gasteiger partial charge in [-0.3, -0.25) is 0 Å². The lowest BCUT2D eigenvalue weighted by Gasteiger charge is -2.41. The number of ether oxygens (including phenoxy) is 1. The lowest BCUT2D eigenvalue weighted by molar-refractivity contribution is 0.152. The molecule has 0 amide bonds. The SMILES string of the molecule is CC(C)C1(C)CCC(CCC=C2COC=N2)CCCC1Br. The average molecular weight is 356 g/mol. The minimum atomic E-state index is 0.445. The Hall–Kier alpha value is -0.310. The van der Waals surface area contributed by atoms with Gasteiger partial charge in [0.25, 0.3) is 0 Å². The first kappa shape index (κ1) is 17.1. The molecule has 3 unspecified atom stereocenters. The maximum absolute atomic E-state index is 5.14. The van der Waals surface area contributed by atoms with Crippen molar-refractivity contribution in [3.05, 3.63) is 11.8 Å². The van der Waals surface area contributed by atoms with E-state index < -0.39 is 0 Å². The summed E-state index contributed by atoms with van der Waals surface area (Å²) >= 11 is 3.97. The Kier molecular flexibility index (Phi) is 6.34. The molecule has 0 aromatic heterocycles. The number of halogens is 1. The second-order valence-corrected chi connectivity index (χ2v) is 8.39. The molecule has 120 valence electrons. The van der Waals surface area contributed by atoms with Crippen LogP contribution in [-0.4, -0.2) is 17.8 Å². The Morgan fingerprint density at radius 2 is 2.24 bits per heavy atom. The van der Waals surface area contributed by atoms with Crippen LogP contribution in [0.4, 0.5) is 0 Å². The van der Waals surface area contributed by atoms with Crippen molar-refractivity contribution in [3.8, 4) is 0 Å². The molecule has 21 heavy (non-hydrogen) atoms. The monoisotopic (exact) mass is 355 g/mol. The molecule has 1 heterocycles. The van der Waals surface area contributed by atoms with Gasteiger partial charge in [-0.05, 0) is 49.4 Å². The lowest BCUT2D eigenvalue weighted by Crippen LogP contribution is -2.35. The first-order chi connectivity index (χ1) is 10.0. The fourth-order valence-electron chi connectivity index (χ4n) is 3.53. The zero-order valence-electron chi connectivity index (χ0n) is 13.8. The highest BCUT2D eigenvalue weighted by molar-refractivity contribution is 9.09. The largest absolute Gasteiger partial charge is 0.477 e. The smallest absolute Gasteiger partial charge is 0.174 e. The molecule has 1 saturated carbocycles. The second kappa shape index (κ2) is 7.80. The zero-order chi connectivity index (χ0) is 15.3. The summed E-state index contributed by atoms with van der Waals surface area (Å²) in [5.74, 6) is 1.62. The molecule has 0 radical (unpaired) electrons. The van der Waals surface area contributed by atoms with Gasteiger partial charge in [-0.2, -0.15) is 0 Å². The van der Waals surface area contributed by atoms with Crippen LogP contribution in [0.15, 0.2) is 16.8 Å². The molecule has 0 saturated heterocycles. The van der Waals surface area contributed by atoms with Gasteiger partial charge < -0.3 is 4.74 Å². The molecule has 2 rings (SSSR count). The minimum Gasteiger partial charge on any atom is -0.477 e. The van der Waals surface area contributed by atoms with Gasteiger partial charge in [-0.1, -0.05) is 55.6 Å². The van der Waals surface area contributed by atoms with Gasteiger partial charge in [0.1, 0.15) is 6.61 Å². The van der Waals surface area contributed by atoms with E-state index in [0.29, 0.717) is 16.8 Å². The van der Waals surface area contributed by atoms with Gasteiger partial charge in [0.05, 0.1) is 5.70 Å². The molecule has 3 atom stereocenters. The number of hydrogen-bond donors (Lipinski definition) is 0. The molecule has 0 aromatic carbocycles. The maximum atomic E-state index is 5.14. The van der Waals surface area contributed by atoms with Crippen LogP contribution in [0.25, 0.3) is 0 Å². The molecular formula is C18H30BrNO. The topological polar surface area (TPSA) is 21.6 Å². The zero-order valence-corrected chi connectivity index (χ0v) is 15.4. The Bertz CT molecular complexity index is 391. The van der Waals surface area contributed by atoms with E-state index in [2.05, 4.69) is 47.8 Å². The third-order valence-corrected chi connectivity index (χ3v) is 7.18. The van der Waals surface area contributed by atoms with Gasteiger partial charge in [0.2, 0.25) is 0 Å². The fraction of sp³-hybridized carbons (Fsp3) is 0.833. The average Bonchev–Trinajstić information content (AvgIpc) is 2.95. The Balaban J connectivity index is 1.85. The van der Waals surface area contributed by atoms with Crippen molar-refractivity contribution < 1.29 is 4.74 Å². The quantitative estimate of drug-likeness (QED) is 0.591. The van der Waals surface area contributed by atoms with Crippen molar-refractivity contribution in [1.29, 1.82) is 0 Å². The van der Waals surface area contributed by atoms with Crippen LogP contribution in [0.1, 0.15) is 65.7 Å². The van der Waals surface area contributed by atoms with Crippen molar-refractivity contribution in [2.45, 2.75) is 70.5 Å². The predicted octanol–water partition coefficient (Wildman–Crippen LogP) is 5.72. The molecule has 1 aliphatic carbocycles. The van der Waals surface area contributed by atoms with E-state index in [1.807, 2.05) is 0 Å². The maximum Gasteiger partial charge on any atom is 0.174 e. The highest BCUT2D eigenvalue weighted by Crippen LogP contribution is 2.45. The second-order valence-electron chi connectivity index (χ2n) is 7.28. The summed E-state index contributed by atoms with van der Waals surface area (Å²) in [6, 6.07) is 0. The van der Waals surface area contributed by atoms with E-state index in [1.54, 1.807) is 6.40 Å². The van der Waals surface area contributed by atoms with Crippen LogP contribution >= 0.6 is 15.9 Å². The summed E-state index contributed by atoms with van der Waals surface area (Å²) in [6.07, 6.45) is 13.1. The van der Waals surface area contributed by atoms with Crippen LogP contribution < -0.4 is 0 Å². The summed E-state index contributed by atoms with van der Waals surface area (Å²) in [5, 5.41) is 0. The van der Waals surface area contributed by atoms with Crippen LogP contribution in [0.3, 0.4) is 0 Å². The summed E-state index contributed by atoms with van der Waals surface area (Å²) in [7, 11) is 0. The van der Waals surface area contributed by atoms with E-state index in [0.717, 1.165) is 24.0 Å². The molecule has 1 fully saturated rings. The Morgan fingerprint density at radius 3 is 2.90 bits per heavy atom. The van der Waals surface area contributed by atoms with Gasteiger partial charge in [-0.15, -0.1) is 0 Å². The van der Waals surface area contributed by atoms with E-state index in [4.69, 9.17) is 4.74 Å². The molecule has 3 heteroatoms. The first-order valence-electron chi connectivity index (χ1n) is 8.49. The number of alkyl halides is 1. The van der Waals surface area contributed by atoms with E-state index >= 15 is 0 Å². The van der Waals surface area contributed by atoms with Gasteiger partial charge in [-0.25, -0.2) is 4.99 Å². The molecule has 0 N–H and O–H groups in total. The standard InChI is InChI=1S/C18H30BrNO/c1-14(2)18(3)11-10-15(7-5-9-17(18)19)6-4-8-16-12-21-13-20-16/h8,13-15,17H,4-7,9-12H2,1-3H3. The number of hydrogen-bond acceptors (Lipinski definition) is 2. The van der Waals surface area contributed by atoms with E-state index in [1.165, 1.54) is 38.5 Å². The van der Waals surface area contributed by atoms with Crippen molar-refractivity contribution in [2.75, 3.05) is 6.61 Å². The van der Waals surface area contributed by atoms with E-state index in [-0.39, 0.29) is 0 Å². The van der Waals surface area contributed by atoms with Crippen molar-refractivity contribution in [3.63, 3.8) is 0 Å². The van der Waals surface area contributed by atoms with Crippen LogP contribution in [0.2, 0.25) is 0 Å². The molecule has 2 nitrogen and oxygen atoms in total. The van der Waals surface area contributed by atoms with Gasteiger partial charge in [0.15, 0.2) is 6.40 Å². The third kappa shape index (κ3) is 4.58. The van der Waals surface area contributed by atoms with Gasteiger partial charge >= 0.3 is 0 Å². The number of aliphatic imine (C=N–C) groups is 1. The van der Waals surface area contributed by atoms with Crippen LogP contribution in [0, 0.1) is 17.3 Å². The van der Waals surface area contributed by atoms with Crippen molar-refractivity contribution >= 4 is 22.3 Å². The number of rotatable bonds is 4. The van der Waals surface area contributed by atoms with Crippen molar-refractivity contribution in [2.24, 2.45) is 22.2 Å². The van der Waals surface area contributed by atoms with Crippen LogP contribution in [-0.2, 0) is 4.74 Å². The number of allylic oxidation sites excluding steroid dienone is 1. The predicted molar refractivity (Wildman–Crippen MR) is 94.0 cm³/mol. The molecular weight excluding hydrogens is 326 g/mol. The minimum absolute atomic E-state index is 0.445. The molecule has 1 aliphatic heterocycles. The van der Waals surface area contributed by atoms with Crippen LogP contribution in [0.5, 0.6) is 0 Å². The summed E-state index contributed by atoms with van der Waals surface area (Å²) in [4.78, 5) is 4.89. The summed E-state index contributed by atoms with van der Waals surface area (Å²) < 4.78 is 5.14. The molecule has 0 bridgehead atoms. The van der Waals surface area contributed by atoms with E-state index in [9.17, 15) is 0 Å². The summed E-state index contributed by atoms with van der Waals surface area (Å²) in [6.45, 7) is 7.91. The number of nitrogens with zero attached hydrogens (tertiary/aromatic N) is 1. The summed E-state index contributed by atoms with van der Waals surface area (Å²) in [5.41, 5.74) is 1.55. The molecule has 0 aromatic rings. The Labute approximate surface area is 138 Å². The third-order valence-electron chi connectivity index (χ3n) is 5.67. The highest BCUT2D eigenvalue weighted by Gasteiger charge is 2.36. The van der Waals surface area contributed by atoms with Crippen molar-refractivity contribution in [1.82, 2.24) is 0 Å². The Morgan fingerprint density at radius 1 is 1.43 bits per heavy atom. The highest BCUT2D eigenvalue weighted by atomic mass is 79.9. The van der Waals surface area contributed by atoms with Gasteiger partial charge in [0, 0.05) is 4.83 Å². The fourth-order valence-corrected chi connectivity index (χ4v) is 4.61. The normalized spacial score (nSPS) is 35.8. The molecule has 0 spiro atoms. The first-order valence-corrected chi connectivity index (χ1v) is 9.41. The lowest BCUT2D eigenvalue weighted by atomic mass is 9.68. The molecule has 2 aliphatic rings.